The van der Waals surface area contributed by atoms with Crippen LogP contribution in [0.1, 0.15) is 24.6 Å². The molecule has 0 aromatic carbocycles. The first-order valence-electron chi connectivity index (χ1n) is 5.61. The highest BCUT2D eigenvalue weighted by molar-refractivity contribution is 7.90. The van der Waals surface area contributed by atoms with E-state index in [-0.39, 0.29) is 5.75 Å². The molecule has 1 aromatic rings. The molecule has 0 radical (unpaired) electrons. The van der Waals surface area contributed by atoms with Crippen LogP contribution >= 0.6 is 0 Å². The normalized spacial score (nSPS) is 22.7. The highest BCUT2D eigenvalue weighted by Crippen LogP contribution is 2.30. The molecule has 1 N–H and O–H groups in total. The summed E-state index contributed by atoms with van der Waals surface area (Å²) in [7, 11) is -2.86. The lowest BCUT2D eigenvalue weighted by atomic mass is 10.1. The number of nitrogens with zero attached hydrogens (tertiary/aromatic N) is 1. The maximum Gasteiger partial charge on any atom is 0.148 e. The molecule has 1 fully saturated rings. The third-order valence-corrected chi connectivity index (χ3v) is 4.02. The van der Waals surface area contributed by atoms with Gasteiger partial charge in [-0.15, -0.1) is 0 Å². The molecule has 1 aliphatic rings. The summed E-state index contributed by atoms with van der Waals surface area (Å²) < 4.78 is 22.3. The topological polar surface area (TPSA) is 53.2 Å². The van der Waals surface area contributed by atoms with Crippen molar-refractivity contribution in [2.45, 2.75) is 18.9 Å². The molecule has 0 saturated carbocycles. The first kappa shape index (κ1) is 11.7. The van der Waals surface area contributed by atoms with Crippen molar-refractivity contribution in [2.75, 3.05) is 25.1 Å². The Bertz CT molecular complexity index is 425. The van der Waals surface area contributed by atoms with Crippen molar-refractivity contribution in [2.24, 2.45) is 0 Å². The molecule has 0 unspecified atom stereocenters. The molecule has 0 aliphatic carbocycles. The Morgan fingerprint density at radius 2 is 2.38 bits per heavy atom. The minimum absolute atomic E-state index is 0.254. The van der Waals surface area contributed by atoms with Gasteiger partial charge in [-0.05, 0) is 31.5 Å². The van der Waals surface area contributed by atoms with Gasteiger partial charge in [-0.1, -0.05) is 0 Å². The second-order valence-electron chi connectivity index (χ2n) is 4.45. The first-order chi connectivity index (χ1) is 7.56. The van der Waals surface area contributed by atoms with Gasteiger partial charge in [-0.3, -0.25) is 4.90 Å². The Morgan fingerprint density at radius 1 is 1.56 bits per heavy atom. The van der Waals surface area contributed by atoms with Gasteiger partial charge in [0.2, 0.25) is 0 Å². The molecule has 2 heterocycles. The van der Waals surface area contributed by atoms with Crippen LogP contribution in [-0.4, -0.2) is 43.4 Å². The van der Waals surface area contributed by atoms with Crippen LogP contribution in [0.3, 0.4) is 0 Å². The minimum atomic E-state index is -2.86. The summed E-state index contributed by atoms with van der Waals surface area (Å²) in [5, 5.41) is 0. The molecule has 1 atom stereocenters. The van der Waals surface area contributed by atoms with E-state index in [0.717, 1.165) is 19.4 Å². The summed E-state index contributed by atoms with van der Waals surface area (Å²) in [5.74, 6) is 0.254. The highest BCUT2D eigenvalue weighted by atomic mass is 32.2. The van der Waals surface area contributed by atoms with Gasteiger partial charge < -0.3 is 4.98 Å². The fourth-order valence-electron chi connectivity index (χ4n) is 2.28. The third-order valence-electron chi connectivity index (χ3n) is 3.09. The molecule has 5 heteroatoms. The van der Waals surface area contributed by atoms with E-state index in [1.807, 2.05) is 12.3 Å². The second kappa shape index (κ2) is 4.59. The lowest BCUT2D eigenvalue weighted by Gasteiger charge is -2.23. The van der Waals surface area contributed by atoms with Crippen molar-refractivity contribution in [1.29, 1.82) is 0 Å². The number of aromatic nitrogens is 1. The molecule has 90 valence electrons. The molecule has 0 spiro atoms. The quantitative estimate of drug-likeness (QED) is 0.863. The number of sulfone groups is 1. The lowest BCUT2D eigenvalue weighted by Crippen LogP contribution is -2.29. The standard InChI is InChI=1S/C11H18N2O2S/c1-16(14,15)9-8-13-7-3-5-11(13)10-4-2-6-12-10/h2,4,6,11-12H,3,5,7-9H2,1H3/t11-/m0/s1. The van der Waals surface area contributed by atoms with E-state index >= 15 is 0 Å². The largest absolute Gasteiger partial charge is 0.364 e. The smallest absolute Gasteiger partial charge is 0.148 e. The third kappa shape index (κ3) is 2.86. The molecule has 0 amide bonds. The zero-order chi connectivity index (χ0) is 11.6. The molecule has 1 aliphatic heterocycles. The van der Waals surface area contributed by atoms with E-state index in [0.29, 0.717) is 12.6 Å². The fraction of sp³-hybridized carbons (Fsp3) is 0.636. The molecule has 16 heavy (non-hydrogen) atoms. The minimum Gasteiger partial charge on any atom is -0.364 e. The van der Waals surface area contributed by atoms with Gasteiger partial charge in [0.15, 0.2) is 0 Å². The number of rotatable bonds is 4. The Hall–Kier alpha value is -0.810. The molecule has 0 bridgehead atoms. The number of hydrogen-bond donors (Lipinski definition) is 1. The predicted octanol–water partition coefficient (Wildman–Crippen LogP) is 1.20. The van der Waals surface area contributed by atoms with Gasteiger partial charge in [0, 0.05) is 30.7 Å². The fourth-order valence-corrected chi connectivity index (χ4v) is 2.85. The monoisotopic (exact) mass is 242 g/mol. The van der Waals surface area contributed by atoms with Crippen molar-refractivity contribution >= 4 is 9.84 Å². The second-order valence-corrected chi connectivity index (χ2v) is 6.71. The van der Waals surface area contributed by atoms with Gasteiger partial charge in [0.05, 0.1) is 5.75 Å². The van der Waals surface area contributed by atoms with Crippen LogP contribution in [0.15, 0.2) is 18.3 Å². The Balaban J connectivity index is 1.99. The highest BCUT2D eigenvalue weighted by Gasteiger charge is 2.26. The molecular formula is C11H18N2O2S. The SMILES string of the molecule is CS(=O)(=O)CCN1CCC[C@H]1c1ccc[nH]1. The Kier molecular flexibility index (Phi) is 3.35. The van der Waals surface area contributed by atoms with Gasteiger partial charge in [0.1, 0.15) is 9.84 Å². The average molecular weight is 242 g/mol. The number of likely N-dealkylation sites (tertiary alicyclic amines) is 1. The van der Waals surface area contributed by atoms with E-state index in [1.165, 1.54) is 11.9 Å². The summed E-state index contributed by atoms with van der Waals surface area (Å²) in [6.07, 6.45) is 5.48. The molecule has 1 saturated heterocycles. The van der Waals surface area contributed by atoms with Gasteiger partial charge in [-0.25, -0.2) is 8.42 Å². The lowest BCUT2D eigenvalue weighted by molar-refractivity contribution is 0.268. The van der Waals surface area contributed by atoms with Crippen LogP contribution < -0.4 is 0 Å². The maximum absolute atomic E-state index is 11.1. The first-order valence-corrected chi connectivity index (χ1v) is 7.67. The zero-order valence-corrected chi connectivity index (χ0v) is 10.3. The Labute approximate surface area is 96.6 Å². The maximum atomic E-state index is 11.1. The van der Waals surface area contributed by atoms with E-state index < -0.39 is 9.84 Å². The van der Waals surface area contributed by atoms with Crippen molar-refractivity contribution in [3.05, 3.63) is 24.0 Å². The summed E-state index contributed by atoms with van der Waals surface area (Å²) in [6.45, 7) is 1.64. The summed E-state index contributed by atoms with van der Waals surface area (Å²) in [4.78, 5) is 5.47. The van der Waals surface area contributed by atoms with Gasteiger partial charge in [-0.2, -0.15) is 0 Å². The number of nitrogens with one attached hydrogen (secondary N) is 1. The number of hydrogen-bond acceptors (Lipinski definition) is 3. The average Bonchev–Trinajstić information content (AvgIpc) is 2.84. The van der Waals surface area contributed by atoms with Gasteiger partial charge in [0.25, 0.3) is 0 Å². The van der Waals surface area contributed by atoms with Crippen molar-refractivity contribution in [3.63, 3.8) is 0 Å². The van der Waals surface area contributed by atoms with Gasteiger partial charge >= 0.3 is 0 Å². The van der Waals surface area contributed by atoms with Crippen LogP contribution in [0.2, 0.25) is 0 Å². The van der Waals surface area contributed by atoms with Crippen LogP contribution in [0.4, 0.5) is 0 Å². The Morgan fingerprint density at radius 3 is 3.00 bits per heavy atom. The van der Waals surface area contributed by atoms with Crippen LogP contribution in [0, 0.1) is 0 Å². The van der Waals surface area contributed by atoms with Crippen LogP contribution in [0.5, 0.6) is 0 Å². The number of aromatic amines is 1. The van der Waals surface area contributed by atoms with Crippen molar-refractivity contribution < 1.29 is 8.42 Å². The van der Waals surface area contributed by atoms with E-state index in [1.54, 1.807) is 0 Å². The zero-order valence-electron chi connectivity index (χ0n) is 9.52. The van der Waals surface area contributed by atoms with E-state index in [4.69, 9.17) is 0 Å². The predicted molar refractivity (Wildman–Crippen MR) is 64.1 cm³/mol. The van der Waals surface area contributed by atoms with E-state index in [9.17, 15) is 8.42 Å². The van der Waals surface area contributed by atoms with E-state index in [2.05, 4.69) is 16.0 Å². The summed E-state index contributed by atoms with van der Waals surface area (Å²) >= 11 is 0. The van der Waals surface area contributed by atoms with Crippen molar-refractivity contribution in [1.82, 2.24) is 9.88 Å². The summed E-state index contributed by atoms with van der Waals surface area (Å²) in [6, 6.07) is 4.43. The molecule has 2 rings (SSSR count). The van der Waals surface area contributed by atoms with Crippen LogP contribution in [0.25, 0.3) is 0 Å². The number of H-pyrrole nitrogens is 1. The molecule has 4 nitrogen and oxygen atoms in total. The van der Waals surface area contributed by atoms with Crippen LogP contribution in [-0.2, 0) is 9.84 Å². The van der Waals surface area contributed by atoms with Crippen molar-refractivity contribution in [3.8, 4) is 0 Å². The summed E-state index contributed by atoms with van der Waals surface area (Å²) in [5.41, 5.74) is 1.20. The molecular weight excluding hydrogens is 224 g/mol. The molecule has 1 aromatic heterocycles.